The Morgan fingerprint density at radius 1 is 1.42 bits per heavy atom. The zero-order valence-corrected chi connectivity index (χ0v) is 13.2. The Morgan fingerprint density at radius 3 is 2.58 bits per heavy atom. The second-order valence-electron chi connectivity index (χ2n) is 5.44. The molecular weight excluding hydrogens is 260 g/mol. The average molecular weight is 284 g/mol. The van der Waals surface area contributed by atoms with E-state index in [1.807, 2.05) is 13.8 Å². The highest BCUT2D eigenvalue weighted by Gasteiger charge is 2.20. The van der Waals surface area contributed by atoms with Gasteiger partial charge in [-0.3, -0.25) is 4.79 Å². The monoisotopic (exact) mass is 284 g/mol. The topological polar surface area (TPSA) is 71.2 Å². The first-order valence-corrected chi connectivity index (χ1v) is 7.41. The highest BCUT2D eigenvalue weighted by molar-refractivity contribution is 7.18. The quantitative estimate of drug-likeness (QED) is 0.842. The summed E-state index contributed by atoms with van der Waals surface area (Å²) in [7, 11) is 1.80. The van der Waals surface area contributed by atoms with Gasteiger partial charge in [-0.25, -0.2) is 4.98 Å². The zero-order chi connectivity index (χ0) is 14.6. The van der Waals surface area contributed by atoms with Crippen LogP contribution in [0, 0.1) is 5.92 Å². The molecule has 0 aliphatic rings. The zero-order valence-electron chi connectivity index (χ0n) is 12.4. The molecule has 108 valence electrons. The Bertz CT molecular complexity index is 428. The number of hydrogen-bond donors (Lipinski definition) is 2. The second-order valence-corrected chi connectivity index (χ2v) is 6.44. The van der Waals surface area contributed by atoms with Crippen LogP contribution in [0.1, 0.15) is 43.8 Å². The van der Waals surface area contributed by atoms with Crippen molar-refractivity contribution in [1.29, 1.82) is 0 Å². The maximum atomic E-state index is 12.3. The summed E-state index contributed by atoms with van der Waals surface area (Å²) in [6.07, 6.45) is 0.984. The van der Waals surface area contributed by atoms with E-state index in [1.54, 1.807) is 11.9 Å². The lowest BCUT2D eigenvalue weighted by molar-refractivity contribution is 0.0794. The summed E-state index contributed by atoms with van der Waals surface area (Å²) in [6.45, 7) is 9.07. The molecule has 0 aliphatic heterocycles. The molecule has 1 aromatic rings. The summed E-state index contributed by atoms with van der Waals surface area (Å²) >= 11 is 1.32. The molecule has 3 N–H and O–H groups in total. The number of nitrogens with one attached hydrogen (secondary N) is 1. The summed E-state index contributed by atoms with van der Waals surface area (Å²) in [5, 5.41) is 3.87. The SMILES string of the molecule is CC(C)CCN(C)C(=O)c1sc(NC(C)C)nc1N. The number of hydrogen-bond acceptors (Lipinski definition) is 5. The lowest BCUT2D eigenvalue weighted by Crippen LogP contribution is -2.28. The van der Waals surface area contributed by atoms with Crippen molar-refractivity contribution in [2.24, 2.45) is 5.92 Å². The first kappa shape index (κ1) is 15.8. The minimum atomic E-state index is -0.0487. The molecule has 0 radical (unpaired) electrons. The predicted molar refractivity (Wildman–Crippen MR) is 81.7 cm³/mol. The van der Waals surface area contributed by atoms with Crippen LogP contribution in [0.2, 0.25) is 0 Å². The van der Waals surface area contributed by atoms with Crippen molar-refractivity contribution in [2.75, 3.05) is 24.6 Å². The summed E-state index contributed by atoms with van der Waals surface area (Å²) in [5.74, 6) is 0.842. The van der Waals surface area contributed by atoms with E-state index in [9.17, 15) is 4.79 Å². The van der Waals surface area contributed by atoms with Gasteiger partial charge in [-0.05, 0) is 26.2 Å². The van der Waals surface area contributed by atoms with Crippen LogP contribution in [0.15, 0.2) is 0 Å². The van der Waals surface area contributed by atoms with Crippen LogP contribution in [0.3, 0.4) is 0 Å². The molecule has 1 amide bonds. The normalized spacial score (nSPS) is 11.1. The maximum Gasteiger partial charge on any atom is 0.267 e. The van der Waals surface area contributed by atoms with Crippen LogP contribution in [-0.2, 0) is 0 Å². The van der Waals surface area contributed by atoms with E-state index in [0.29, 0.717) is 21.7 Å². The fraction of sp³-hybridized carbons (Fsp3) is 0.692. The predicted octanol–water partition coefficient (Wildman–Crippen LogP) is 2.66. The van der Waals surface area contributed by atoms with Gasteiger partial charge in [-0.2, -0.15) is 0 Å². The molecule has 0 atom stereocenters. The number of carbonyl (C=O) groups is 1. The first-order valence-electron chi connectivity index (χ1n) is 6.59. The molecule has 6 heteroatoms. The molecule has 0 aliphatic carbocycles. The number of nitrogen functional groups attached to an aromatic ring is 1. The molecule has 0 saturated heterocycles. The number of carbonyl (C=O) groups excluding carboxylic acids is 1. The van der Waals surface area contributed by atoms with E-state index in [4.69, 9.17) is 5.73 Å². The fourth-order valence-corrected chi connectivity index (χ4v) is 2.55. The minimum absolute atomic E-state index is 0.0487. The van der Waals surface area contributed by atoms with Crippen molar-refractivity contribution in [3.05, 3.63) is 4.88 Å². The van der Waals surface area contributed by atoms with Gasteiger partial charge >= 0.3 is 0 Å². The summed E-state index contributed by atoms with van der Waals surface area (Å²) in [4.78, 5) is 18.7. The van der Waals surface area contributed by atoms with Gasteiger partial charge < -0.3 is 16.0 Å². The smallest absolute Gasteiger partial charge is 0.267 e. The van der Waals surface area contributed by atoms with Crippen LogP contribution in [0.5, 0.6) is 0 Å². The number of rotatable bonds is 6. The molecule has 0 fully saturated rings. The number of nitrogens with two attached hydrogens (primary N) is 1. The molecule has 19 heavy (non-hydrogen) atoms. The van der Waals surface area contributed by atoms with E-state index in [-0.39, 0.29) is 11.9 Å². The maximum absolute atomic E-state index is 12.3. The van der Waals surface area contributed by atoms with Gasteiger partial charge in [0, 0.05) is 19.6 Å². The third-order valence-corrected chi connectivity index (χ3v) is 3.64. The molecule has 0 aromatic carbocycles. The lowest BCUT2D eigenvalue weighted by Gasteiger charge is -2.17. The second kappa shape index (κ2) is 6.75. The third kappa shape index (κ3) is 4.70. The van der Waals surface area contributed by atoms with Crippen LogP contribution < -0.4 is 11.1 Å². The van der Waals surface area contributed by atoms with Gasteiger partial charge in [0.25, 0.3) is 5.91 Å². The third-order valence-electron chi connectivity index (χ3n) is 2.65. The van der Waals surface area contributed by atoms with Gasteiger partial charge in [-0.1, -0.05) is 25.2 Å². The first-order chi connectivity index (χ1) is 8.81. The van der Waals surface area contributed by atoms with Crippen LogP contribution in [-0.4, -0.2) is 35.4 Å². The van der Waals surface area contributed by atoms with Crippen molar-refractivity contribution in [1.82, 2.24) is 9.88 Å². The van der Waals surface area contributed by atoms with Gasteiger partial charge in [0.15, 0.2) is 5.13 Å². The van der Waals surface area contributed by atoms with E-state index in [0.717, 1.165) is 13.0 Å². The Balaban J connectivity index is 2.73. The number of anilines is 2. The van der Waals surface area contributed by atoms with Gasteiger partial charge in [0.05, 0.1) is 0 Å². The van der Waals surface area contributed by atoms with Crippen molar-refractivity contribution < 1.29 is 4.79 Å². The Kier molecular flexibility index (Phi) is 5.60. The van der Waals surface area contributed by atoms with Crippen molar-refractivity contribution >= 4 is 28.2 Å². The standard InChI is InChI=1S/C13H24N4OS/c1-8(2)6-7-17(5)12(18)10-11(14)16-13(19-10)15-9(3)4/h8-9H,6-7,14H2,1-5H3,(H,15,16). The van der Waals surface area contributed by atoms with Crippen LogP contribution in [0.4, 0.5) is 10.9 Å². The highest BCUT2D eigenvalue weighted by atomic mass is 32.1. The number of aromatic nitrogens is 1. The molecular formula is C13H24N4OS. The highest BCUT2D eigenvalue weighted by Crippen LogP contribution is 2.26. The molecule has 1 heterocycles. The molecule has 5 nitrogen and oxygen atoms in total. The number of thiazole rings is 1. The fourth-order valence-electron chi connectivity index (χ4n) is 1.52. The van der Waals surface area contributed by atoms with Crippen LogP contribution >= 0.6 is 11.3 Å². The van der Waals surface area contributed by atoms with Gasteiger partial charge in [0.1, 0.15) is 10.7 Å². The summed E-state index contributed by atoms with van der Waals surface area (Å²) in [6, 6.07) is 0.271. The van der Waals surface area contributed by atoms with E-state index in [1.165, 1.54) is 11.3 Å². The molecule has 1 rings (SSSR count). The number of amides is 1. The Hall–Kier alpha value is -1.30. The molecule has 0 bridgehead atoms. The van der Waals surface area contributed by atoms with Crippen molar-refractivity contribution in [3.63, 3.8) is 0 Å². The van der Waals surface area contributed by atoms with Crippen molar-refractivity contribution in [2.45, 2.75) is 40.2 Å². The van der Waals surface area contributed by atoms with Crippen molar-refractivity contribution in [3.8, 4) is 0 Å². The van der Waals surface area contributed by atoms with E-state index >= 15 is 0 Å². The van der Waals surface area contributed by atoms with Crippen LogP contribution in [0.25, 0.3) is 0 Å². The average Bonchev–Trinajstić information content (AvgIpc) is 2.65. The van der Waals surface area contributed by atoms with Gasteiger partial charge in [-0.15, -0.1) is 0 Å². The molecule has 1 aromatic heterocycles. The Labute approximate surface area is 119 Å². The Morgan fingerprint density at radius 2 is 2.05 bits per heavy atom. The van der Waals surface area contributed by atoms with E-state index in [2.05, 4.69) is 24.1 Å². The molecule has 0 unspecified atom stereocenters. The number of nitrogens with zero attached hydrogens (tertiary/aromatic N) is 2. The van der Waals surface area contributed by atoms with E-state index < -0.39 is 0 Å². The lowest BCUT2D eigenvalue weighted by atomic mass is 10.1. The molecule has 0 saturated carbocycles. The minimum Gasteiger partial charge on any atom is -0.382 e. The molecule has 0 spiro atoms. The summed E-state index contributed by atoms with van der Waals surface area (Å²) in [5.41, 5.74) is 5.82. The largest absolute Gasteiger partial charge is 0.382 e. The van der Waals surface area contributed by atoms with Gasteiger partial charge in [0.2, 0.25) is 0 Å². The summed E-state index contributed by atoms with van der Waals surface area (Å²) < 4.78 is 0.